The summed E-state index contributed by atoms with van der Waals surface area (Å²) in [5.74, 6) is 0.807. The average molecular weight is 281 g/mol. The van der Waals surface area contributed by atoms with E-state index >= 15 is 0 Å². The molecule has 0 aliphatic heterocycles. The van der Waals surface area contributed by atoms with Crippen molar-refractivity contribution in [2.24, 2.45) is 5.92 Å². The fourth-order valence-corrected chi connectivity index (χ4v) is 3.40. The van der Waals surface area contributed by atoms with Gasteiger partial charge in [0.25, 0.3) is 0 Å². The maximum atomic E-state index is 11.7. The first kappa shape index (κ1) is 14.5. The Bertz CT molecular complexity index is 372. The largest absolute Gasteiger partial charge is 0.387 e. The van der Waals surface area contributed by atoms with Crippen LogP contribution in [0.25, 0.3) is 0 Å². The standard InChI is InChI=1S/C15H23NO2S/c17-14(13-8-9-19-11-13)10-16-15(18)7-6-12-4-2-1-3-5-12/h8-9,11-12,14,17H,1-7,10H2,(H,16,18). The van der Waals surface area contributed by atoms with Gasteiger partial charge in [-0.25, -0.2) is 0 Å². The minimum absolute atomic E-state index is 0.0693. The zero-order valence-electron chi connectivity index (χ0n) is 11.3. The molecule has 1 aromatic rings. The molecule has 0 aromatic carbocycles. The molecule has 1 aromatic heterocycles. The Labute approximate surface area is 119 Å². The van der Waals surface area contributed by atoms with Crippen molar-refractivity contribution in [3.8, 4) is 0 Å². The molecule has 19 heavy (non-hydrogen) atoms. The molecule has 0 saturated heterocycles. The lowest BCUT2D eigenvalue weighted by molar-refractivity contribution is -0.121. The van der Waals surface area contributed by atoms with Gasteiger partial charge >= 0.3 is 0 Å². The van der Waals surface area contributed by atoms with Gasteiger partial charge in [-0.15, -0.1) is 0 Å². The van der Waals surface area contributed by atoms with E-state index < -0.39 is 6.10 Å². The first-order valence-electron chi connectivity index (χ1n) is 7.22. The number of aliphatic hydroxyl groups is 1. The molecule has 3 nitrogen and oxygen atoms in total. The van der Waals surface area contributed by atoms with Crippen LogP contribution >= 0.6 is 11.3 Å². The van der Waals surface area contributed by atoms with E-state index in [1.54, 1.807) is 11.3 Å². The molecule has 0 radical (unpaired) electrons. The van der Waals surface area contributed by atoms with Gasteiger partial charge in [0.2, 0.25) is 5.91 Å². The van der Waals surface area contributed by atoms with E-state index in [4.69, 9.17) is 0 Å². The minimum atomic E-state index is -0.579. The summed E-state index contributed by atoms with van der Waals surface area (Å²) in [6.45, 7) is 0.320. The smallest absolute Gasteiger partial charge is 0.220 e. The predicted octanol–water partition coefficient (Wildman–Crippen LogP) is 3.26. The van der Waals surface area contributed by atoms with E-state index in [2.05, 4.69) is 5.32 Å². The van der Waals surface area contributed by atoms with Crippen molar-refractivity contribution >= 4 is 17.2 Å². The van der Waals surface area contributed by atoms with Crippen molar-refractivity contribution in [2.75, 3.05) is 6.54 Å². The monoisotopic (exact) mass is 281 g/mol. The topological polar surface area (TPSA) is 49.3 Å². The number of aliphatic hydroxyl groups excluding tert-OH is 1. The fourth-order valence-electron chi connectivity index (χ4n) is 2.69. The fraction of sp³-hybridized carbons (Fsp3) is 0.667. The van der Waals surface area contributed by atoms with Crippen molar-refractivity contribution < 1.29 is 9.90 Å². The Kier molecular flexibility index (Phi) is 5.86. The normalized spacial score (nSPS) is 18.2. The number of thiophene rings is 1. The first-order chi connectivity index (χ1) is 9.25. The highest BCUT2D eigenvalue weighted by atomic mass is 32.1. The number of rotatable bonds is 6. The Morgan fingerprint density at radius 1 is 1.42 bits per heavy atom. The van der Waals surface area contributed by atoms with Crippen LogP contribution in [0.3, 0.4) is 0 Å². The molecule has 1 aliphatic rings. The van der Waals surface area contributed by atoms with Crippen LogP contribution in [-0.2, 0) is 4.79 Å². The number of hydrogen-bond acceptors (Lipinski definition) is 3. The maximum Gasteiger partial charge on any atom is 0.220 e. The molecule has 1 amide bonds. The summed E-state index contributed by atoms with van der Waals surface area (Å²) in [5.41, 5.74) is 0.887. The summed E-state index contributed by atoms with van der Waals surface area (Å²) in [6, 6.07) is 1.89. The lowest BCUT2D eigenvalue weighted by Crippen LogP contribution is -2.28. The molecule has 0 spiro atoms. The predicted molar refractivity (Wildman–Crippen MR) is 78.1 cm³/mol. The second-order valence-electron chi connectivity index (χ2n) is 5.42. The molecule has 106 valence electrons. The number of hydrogen-bond donors (Lipinski definition) is 2. The molecular formula is C15H23NO2S. The van der Waals surface area contributed by atoms with Crippen molar-refractivity contribution in [3.05, 3.63) is 22.4 Å². The van der Waals surface area contributed by atoms with Crippen LogP contribution in [0.1, 0.15) is 56.6 Å². The van der Waals surface area contributed by atoms with Gasteiger partial charge in [-0.1, -0.05) is 32.1 Å². The quantitative estimate of drug-likeness (QED) is 0.841. The van der Waals surface area contributed by atoms with Crippen molar-refractivity contribution in [2.45, 2.75) is 51.0 Å². The van der Waals surface area contributed by atoms with Gasteiger partial charge in [-0.2, -0.15) is 11.3 Å². The van der Waals surface area contributed by atoms with Crippen molar-refractivity contribution in [3.63, 3.8) is 0 Å². The summed E-state index contributed by atoms with van der Waals surface area (Å²) < 4.78 is 0. The lowest BCUT2D eigenvalue weighted by atomic mass is 9.86. The summed E-state index contributed by atoms with van der Waals surface area (Å²) in [7, 11) is 0. The highest BCUT2D eigenvalue weighted by Gasteiger charge is 2.15. The van der Waals surface area contributed by atoms with Crippen LogP contribution in [0.15, 0.2) is 16.8 Å². The van der Waals surface area contributed by atoms with Gasteiger partial charge < -0.3 is 10.4 Å². The Balaban J connectivity index is 1.61. The summed E-state index contributed by atoms with van der Waals surface area (Å²) in [6.07, 6.45) is 7.59. The highest BCUT2D eigenvalue weighted by Crippen LogP contribution is 2.27. The molecule has 0 bridgehead atoms. The molecule has 1 unspecified atom stereocenters. The number of amides is 1. The molecule has 2 N–H and O–H groups in total. The summed E-state index contributed by atoms with van der Waals surface area (Å²) in [4.78, 5) is 11.7. The van der Waals surface area contributed by atoms with E-state index in [9.17, 15) is 9.90 Å². The van der Waals surface area contributed by atoms with Crippen LogP contribution in [-0.4, -0.2) is 17.6 Å². The summed E-state index contributed by atoms with van der Waals surface area (Å²) in [5, 5.41) is 16.5. The molecule has 1 fully saturated rings. The van der Waals surface area contributed by atoms with Crippen LogP contribution in [0.4, 0.5) is 0 Å². The second-order valence-corrected chi connectivity index (χ2v) is 6.20. The molecule has 1 saturated carbocycles. The SMILES string of the molecule is O=C(CCC1CCCCC1)NCC(O)c1ccsc1. The van der Waals surface area contributed by atoms with E-state index in [1.807, 2.05) is 16.8 Å². The minimum Gasteiger partial charge on any atom is -0.387 e. The number of carbonyl (C=O) groups excluding carboxylic acids is 1. The first-order valence-corrected chi connectivity index (χ1v) is 8.17. The number of carbonyl (C=O) groups is 1. The van der Waals surface area contributed by atoms with E-state index in [0.717, 1.165) is 17.9 Å². The highest BCUT2D eigenvalue weighted by molar-refractivity contribution is 7.07. The van der Waals surface area contributed by atoms with Crippen LogP contribution in [0.5, 0.6) is 0 Å². The Morgan fingerprint density at radius 3 is 2.89 bits per heavy atom. The third-order valence-corrected chi connectivity index (χ3v) is 4.63. The van der Waals surface area contributed by atoms with Gasteiger partial charge in [0.15, 0.2) is 0 Å². The van der Waals surface area contributed by atoms with Crippen LogP contribution in [0, 0.1) is 5.92 Å². The molecule has 1 aliphatic carbocycles. The van der Waals surface area contributed by atoms with Gasteiger partial charge in [0.05, 0.1) is 6.10 Å². The van der Waals surface area contributed by atoms with Crippen molar-refractivity contribution in [1.29, 1.82) is 0 Å². The zero-order chi connectivity index (χ0) is 13.5. The molecule has 2 rings (SSSR count). The third kappa shape index (κ3) is 4.96. The molecular weight excluding hydrogens is 258 g/mol. The Morgan fingerprint density at radius 2 is 2.21 bits per heavy atom. The van der Waals surface area contributed by atoms with Crippen LogP contribution < -0.4 is 5.32 Å². The number of nitrogens with one attached hydrogen (secondary N) is 1. The van der Waals surface area contributed by atoms with E-state index in [-0.39, 0.29) is 5.91 Å². The van der Waals surface area contributed by atoms with Gasteiger partial charge in [0, 0.05) is 13.0 Å². The second kappa shape index (κ2) is 7.65. The lowest BCUT2D eigenvalue weighted by Gasteiger charge is -2.21. The molecule has 1 atom stereocenters. The van der Waals surface area contributed by atoms with Gasteiger partial charge in [0.1, 0.15) is 0 Å². The van der Waals surface area contributed by atoms with Gasteiger partial charge in [-0.05, 0) is 34.7 Å². The van der Waals surface area contributed by atoms with Crippen LogP contribution in [0.2, 0.25) is 0 Å². The maximum absolute atomic E-state index is 11.7. The molecule has 1 heterocycles. The third-order valence-electron chi connectivity index (χ3n) is 3.92. The Hall–Kier alpha value is -0.870. The van der Waals surface area contributed by atoms with E-state index in [1.165, 1.54) is 32.1 Å². The average Bonchev–Trinajstić information content (AvgIpc) is 2.98. The van der Waals surface area contributed by atoms with Gasteiger partial charge in [-0.3, -0.25) is 4.79 Å². The van der Waals surface area contributed by atoms with E-state index in [0.29, 0.717) is 13.0 Å². The summed E-state index contributed by atoms with van der Waals surface area (Å²) >= 11 is 1.56. The zero-order valence-corrected chi connectivity index (χ0v) is 12.1. The molecule has 4 heteroatoms. The van der Waals surface area contributed by atoms with Crippen molar-refractivity contribution in [1.82, 2.24) is 5.32 Å².